The molecular formula is C21H30N2O4. The van der Waals surface area contributed by atoms with E-state index in [4.69, 9.17) is 5.11 Å². The van der Waals surface area contributed by atoms with E-state index in [0.29, 0.717) is 0 Å². The van der Waals surface area contributed by atoms with E-state index in [1.54, 1.807) is 0 Å². The minimum absolute atomic E-state index is 0.219. The average Bonchev–Trinajstić information content (AvgIpc) is 2.58. The van der Waals surface area contributed by atoms with Crippen molar-refractivity contribution in [2.75, 3.05) is 0 Å². The van der Waals surface area contributed by atoms with E-state index in [2.05, 4.69) is 17.2 Å². The van der Waals surface area contributed by atoms with Crippen LogP contribution in [0.15, 0.2) is 43.0 Å². The highest BCUT2D eigenvalue weighted by molar-refractivity contribution is 5.90. The van der Waals surface area contributed by atoms with Crippen LogP contribution in [0.3, 0.4) is 0 Å². The van der Waals surface area contributed by atoms with Gasteiger partial charge in [-0.15, -0.1) is 6.58 Å². The van der Waals surface area contributed by atoms with Crippen LogP contribution in [0.25, 0.3) is 0 Å². The van der Waals surface area contributed by atoms with E-state index in [9.17, 15) is 14.4 Å². The Kier molecular flexibility index (Phi) is 8.22. The van der Waals surface area contributed by atoms with Crippen molar-refractivity contribution < 1.29 is 19.5 Å². The Morgan fingerprint density at radius 2 is 1.70 bits per heavy atom. The van der Waals surface area contributed by atoms with Gasteiger partial charge in [0.1, 0.15) is 6.04 Å². The van der Waals surface area contributed by atoms with Crippen LogP contribution in [0.5, 0.6) is 0 Å². The van der Waals surface area contributed by atoms with Crippen molar-refractivity contribution in [2.45, 2.75) is 52.6 Å². The van der Waals surface area contributed by atoms with Crippen molar-refractivity contribution in [3.05, 3.63) is 48.6 Å². The molecule has 0 aromatic heterocycles. The van der Waals surface area contributed by atoms with Crippen molar-refractivity contribution in [1.29, 1.82) is 0 Å². The molecule has 3 N–H and O–H groups in total. The van der Waals surface area contributed by atoms with Crippen molar-refractivity contribution in [3.63, 3.8) is 0 Å². The summed E-state index contributed by atoms with van der Waals surface area (Å²) in [5.41, 5.74) is 0.415. The molecule has 1 aromatic carbocycles. The molecule has 0 aliphatic carbocycles. The quantitative estimate of drug-likeness (QED) is 0.579. The Bertz CT molecular complexity index is 665. The second kappa shape index (κ2) is 9.90. The van der Waals surface area contributed by atoms with E-state index in [-0.39, 0.29) is 24.8 Å². The van der Waals surface area contributed by atoms with Gasteiger partial charge < -0.3 is 15.7 Å². The number of aliphatic carboxylic acids is 1. The maximum absolute atomic E-state index is 12.8. The van der Waals surface area contributed by atoms with Gasteiger partial charge in [-0.2, -0.15) is 0 Å². The molecule has 1 aromatic rings. The molecule has 6 heteroatoms. The van der Waals surface area contributed by atoms with Gasteiger partial charge in [-0.05, 0) is 24.3 Å². The molecule has 0 aliphatic heterocycles. The van der Waals surface area contributed by atoms with Crippen LogP contribution < -0.4 is 10.6 Å². The predicted molar refractivity (Wildman–Crippen MR) is 105 cm³/mol. The number of carboxylic acid groups (broad SMARTS) is 1. The molecule has 6 nitrogen and oxygen atoms in total. The molecule has 0 radical (unpaired) electrons. The van der Waals surface area contributed by atoms with Gasteiger partial charge in [0, 0.05) is 0 Å². The average molecular weight is 374 g/mol. The predicted octanol–water partition coefficient (Wildman–Crippen LogP) is 3.06. The van der Waals surface area contributed by atoms with Crippen molar-refractivity contribution in [3.8, 4) is 0 Å². The number of benzene rings is 1. The second-order valence-corrected chi connectivity index (χ2v) is 7.77. The van der Waals surface area contributed by atoms with Crippen molar-refractivity contribution >= 4 is 17.8 Å². The fraction of sp³-hybridized carbons (Fsp3) is 0.476. The Hall–Kier alpha value is -2.63. The van der Waals surface area contributed by atoms with Crippen LogP contribution in [-0.2, 0) is 14.4 Å². The zero-order valence-corrected chi connectivity index (χ0v) is 16.5. The van der Waals surface area contributed by atoms with Crippen LogP contribution in [0.2, 0.25) is 0 Å². The molecule has 0 heterocycles. The molecule has 0 saturated carbocycles. The largest absolute Gasteiger partial charge is 0.481 e. The summed E-state index contributed by atoms with van der Waals surface area (Å²) < 4.78 is 0. The minimum Gasteiger partial charge on any atom is -0.481 e. The minimum atomic E-state index is -1.06. The van der Waals surface area contributed by atoms with E-state index >= 15 is 0 Å². The molecule has 0 spiro atoms. The van der Waals surface area contributed by atoms with Gasteiger partial charge in [-0.1, -0.05) is 57.2 Å². The first-order valence-corrected chi connectivity index (χ1v) is 9.04. The first-order chi connectivity index (χ1) is 12.6. The van der Waals surface area contributed by atoms with Gasteiger partial charge in [0.25, 0.3) is 0 Å². The molecule has 3 atom stereocenters. The fourth-order valence-corrected chi connectivity index (χ4v) is 2.75. The van der Waals surface area contributed by atoms with Gasteiger partial charge in [-0.25, -0.2) is 0 Å². The lowest BCUT2D eigenvalue weighted by Gasteiger charge is -2.32. The molecule has 0 fully saturated rings. The Labute approximate surface area is 161 Å². The van der Waals surface area contributed by atoms with Crippen molar-refractivity contribution in [2.24, 2.45) is 11.3 Å². The number of carbonyl (C=O) groups excluding carboxylic acids is 2. The Morgan fingerprint density at radius 3 is 2.19 bits per heavy atom. The monoisotopic (exact) mass is 374 g/mol. The summed E-state index contributed by atoms with van der Waals surface area (Å²) in [5, 5.41) is 14.7. The van der Waals surface area contributed by atoms with Gasteiger partial charge in [0.15, 0.2) is 0 Å². The zero-order chi connectivity index (χ0) is 20.6. The first-order valence-electron chi connectivity index (χ1n) is 9.04. The van der Waals surface area contributed by atoms with Crippen LogP contribution in [0.1, 0.15) is 52.1 Å². The highest BCUT2D eigenvalue weighted by Gasteiger charge is 2.35. The first kappa shape index (κ1) is 22.4. The SMILES string of the molecule is C=CC[C@H](CC(=O)O)C(=O)N[C@H](C(=O)N[C@H](C)c1ccccc1)C(C)(C)C. The lowest BCUT2D eigenvalue weighted by atomic mass is 9.85. The summed E-state index contributed by atoms with van der Waals surface area (Å²) in [7, 11) is 0. The van der Waals surface area contributed by atoms with E-state index < -0.39 is 29.3 Å². The summed E-state index contributed by atoms with van der Waals surface area (Å²) in [5.74, 6) is -2.59. The number of allylic oxidation sites excluding steroid dienone is 1. The van der Waals surface area contributed by atoms with Gasteiger partial charge >= 0.3 is 5.97 Å². The lowest BCUT2D eigenvalue weighted by Crippen LogP contribution is -2.55. The Balaban J connectivity index is 2.91. The molecule has 148 valence electrons. The molecular weight excluding hydrogens is 344 g/mol. The molecule has 0 bridgehead atoms. The molecule has 0 aliphatic rings. The van der Waals surface area contributed by atoms with E-state index in [1.807, 2.05) is 58.0 Å². The molecule has 27 heavy (non-hydrogen) atoms. The third-order valence-corrected chi connectivity index (χ3v) is 4.32. The van der Waals surface area contributed by atoms with E-state index in [1.165, 1.54) is 6.08 Å². The summed E-state index contributed by atoms with van der Waals surface area (Å²) in [4.78, 5) is 36.4. The van der Waals surface area contributed by atoms with Gasteiger partial charge in [0.05, 0.1) is 18.4 Å². The number of amides is 2. The molecule has 2 amide bonds. The smallest absolute Gasteiger partial charge is 0.304 e. The molecule has 1 rings (SSSR count). The number of hydrogen-bond donors (Lipinski definition) is 3. The summed E-state index contributed by atoms with van der Waals surface area (Å²) in [6, 6.07) is 8.52. The fourth-order valence-electron chi connectivity index (χ4n) is 2.75. The summed E-state index contributed by atoms with van der Waals surface area (Å²) in [6.07, 6.45) is 1.44. The molecule has 0 unspecified atom stereocenters. The van der Waals surface area contributed by atoms with Crippen LogP contribution in [0, 0.1) is 11.3 Å². The third-order valence-electron chi connectivity index (χ3n) is 4.32. The maximum Gasteiger partial charge on any atom is 0.304 e. The highest BCUT2D eigenvalue weighted by Crippen LogP contribution is 2.22. The van der Waals surface area contributed by atoms with Crippen LogP contribution in [-0.4, -0.2) is 28.9 Å². The number of carboxylic acids is 1. The highest BCUT2D eigenvalue weighted by atomic mass is 16.4. The number of hydrogen-bond acceptors (Lipinski definition) is 3. The van der Waals surface area contributed by atoms with Gasteiger partial charge in [-0.3, -0.25) is 14.4 Å². The zero-order valence-electron chi connectivity index (χ0n) is 16.5. The second-order valence-electron chi connectivity index (χ2n) is 7.77. The van der Waals surface area contributed by atoms with Crippen molar-refractivity contribution in [1.82, 2.24) is 10.6 Å². The molecule has 0 saturated heterocycles. The van der Waals surface area contributed by atoms with Crippen LogP contribution in [0.4, 0.5) is 0 Å². The summed E-state index contributed by atoms with van der Waals surface area (Å²) >= 11 is 0. The van der Waals surface area contributed by atoms with Crippen LogP contribution >= 0.6 is 0 Å². The summed E-state index contributed by atoms with van der Waals surface area (Å²) in [6.45, 7) is 11.0. The normalized spacial score (nSPS) is 14.5. The number of nitrogens with one attached hydrogen (secondary N) is 2. The third kappa shape index (κ3) is 7.25. The van der Waals surface area contributed by atoms with E-state index in [0.717, 1.165) is 5.56 Å². The lowest BCUT2D eigenvalue weighted by molar-refractivity contribution is -0.141. The number of rotatable bonds is 9. The van der Waals surface area contributed by atoms with Gasteiger partial charge in [0.2, 0.25) is 11.8 Å². The number of carbonyl (C=O) groups is 3. The maximum atomic E-state index is 12.8. The topological polar surface area (TPSA) is 95.5 Å². The standard InChI is InChI=1S/C21H30N2O4/c1-6-10-16(13-17(24)25)19(26)23-18(21(3,4)5)20(27)22-14(2)15-11-8-7-9-12-15/h6-9,11-12,14,16,18H,1,10,13H2,2-5H3,(H,22,27)(H,23,26)(H,24,25)/t14-,16-,18-/m1/s1. The Morgan fingerprint density at radius 1 is 1.11 bits per heavy atom.